The molecule has 8 rings (SSSR count). The number of benzene rings is 3. The van der Waals surface area contributed by atoms with Gasteiger partial charge in [-0.15, -0.1) is 10.2 Å². The van der Waals surface area contributed by atoms with Crippen LogP contribution in [0.15, 0.2) is 91.1 Å². The van der Waals surface area contributed by atoms with Crippen molar-refractivity contribution in [3.8, 4) is 28.1 Å². The molecule has 11 nitrogen and oxygen atoms in total. The zero-order valence-corrected chi connectivity index (χ0v) is 31.2. The number of nitrogen functional groups attached to an aromatic ring is 1. The van der Waals surface area contributed by atoms with Crippen LogP contribution in [0.1, 0.15) is 62.1 Å². The van der Waals surface area contributed by atoms with Crippen molar-refractivity contribution in [2.24, 2.45) is 0 Å². The summed E-state index contributed by atoms with van der Waals surface area (Å²) in [5, 5.41) is 23.3. The standard InChI is InChI=1S/C44H48N8O3/c45-42-35(28-37(48-49-42)34-10-5-6-12-40(34)53)32-16-13-31(14-17-32)29-51-25-23-50(24-26-51)22-7-3-1-2-4-9-30-15-18-38-36(27-30)33-11-8-21-46-43(33)52(38)39-19-20-41(54)47-44(39)55/h5-6,8,10-18,21,27-28,39,53H,1-4,7,9,19-20,22-26,29H2,(H2,45,49)(H,47,54,55). The fraction of sp³-hybridized carbons (Fsp3) is 0.341. The van der Waals surface area contributed by atoms with Crippen molar-refractivity contribution >= 4 is 39.6 Å². The number of carbonyl (C=O) groups is 2. The zero-order chi connectivity index (χ0) is 37.7. The van der Waals surface area contributed by atoms with E-state index >= 15 is 0 Å². The van der Waals surface area contributed by atoms with Crippen molar-refractivity contribution in [2.75, 3.05) is 38.5 Å². The fourth-order valence-electron chi connectivity index (χ4n) is 8.19. The minimum absolute atomic E-state index is 0.164. The third kappa shape index (κ3) is 8.08. The van der Waals surface area contributed by atoms with Crippen molar-refractivity contribution in [3.05, 3.63) is 102 Å². The molecule has 2 fully saturated rings. The van der Waals surface area contributed by atoms with E-state index in [2.05, 4.69) is 78.8 Å². The molecule has 1 unspecified atom stereocenters. The first-order valence-electron chi connectivity index (χ1n) is 19.6. The van der Waals surface area contributed by atoms with E-state index in [1.165, 1.54) is 36.8 Å². The minimum atomic E-state index is -0.432. The number of aryl methyl sites for hydroxylation is 1. The molecule has 55 heavy (non-hydrogen) atoms. The number of pyridine rings is 1. The summed E-state index contributed by atoms with van der Waals surface area (Å²) in [6.07, 6.45) is 9.72. The number of nitrogens with one attached hydrogen (secondary N) is 1. The van der Waals surface area contributed by atoms with Gasteiger partial charge in [0.15, 0.2) is 5.82 Å². The number of aromatic hydroxyl groups is 1. The van der Waals surface area contributed by atoms with Gasteiger partial charge in [0.2, 0.25) is 11.8 Å². The molecule has 0 radical (unpaired) electrons. The van der Waals surface area contributed by atoms with E-state index in [1.807, 2.05) is 28.8 Å². The molecule has 0 aliphatic carbocycles. The van der Waals surface area contributed by atoms with Gasteiger partial charge in [0.25, 0.3) is 0 Å². The number of piperazine rings is 1. The van der Waals surface area contributed by atoms with Gasteiger partial charge in [-0.2, -0.15) is 0 Å². The van der Waals surface area contributed by atoms with Crippen LogP contribution in [0.4, 0.5) is 5.82 Å². The summed E-state index contributed by atoms with van der Waals surface area (Å²) >= 11 is 0. The Kier molecular flexibility index (Phi) is 10.8. The van der Waals surface area contributed by atoms with Crippen LogP contribution in [0.3, 0.4) is 0 Å². The summed E-state index contributed by atoms with van der Waals surface area (Å²) in [6.45, 7) is 6.43. The first-order chi connectivity index (χ1) is 26.9. The Labute approximate surface area is 321 Å². The number of phenols is 1. The molecule has 3 aromatic carbocycles. The molecule has 2 aliphatic heterocycles. The summed E-state index contributed by atoms with van der Waals surface area (Å²) < 4.78 is 2.02. The summed E-state index contributed by atoms with van der Waals surface area (Å²) in [6, 6.07) is 27.7. The highest BCUT2D eigenvalue weighted by Gasteiger charge is 2.31. The van der Waals surface area contributed by atoms with Gasteiger partial charge in [-0.1, -0.05) is 61.7 Å². The van der Waals surface area contributed by atoms with Gasteiger partial charge in [-0.25, -0.2) is 4.98 Å². The summed E-state index contributed by atoms with van der Waals surface area (Å²) in [4.78, 5) is 34.3. The highest BCUT2D eigenvalue weighted by molar-refractivity contribution is 6.09. The highest BCUT2D eigenvalue weighted by atomic mass is 16.3. The van der Waals surface area contributed by atoms with Crippen LogP contribution in [-0.4, -0.2) is 79.2 Å². The maximum Gasteiger partial charge on any atom is 0.249 e. The lowest BCUT2D eigenvalue weighted by Gasteiger charge is -2.34. The number of anilines is 1. The average molecular weight is 737 g/mol. The van der Waals surface area contributed by atoms with Crippen LogP contribution >= 0.6 is 0 Å². The molecule has 6 aromatic rings. The lowest BCUT2D eigenvalue weighted by atomic mass is 10.0. The third-order valence-corrected chi connectivity index (χ3v) is 11.2. The molecule has 0 bridgehead atoms. The number of hydrogen-bond donors (Lipinski definition) is 3. The van der Waals surface area contributed by atoms with E-state index in [0.29, 0.717) is 29.9 Å². The molecule has 2 aliphatic rings. The van der Waals surface area contributed by atoms with Gasteiger partial charge >= 0.3 is 0 Å². The van der Waals surface area contributed by atoms with E-state index < -0.39 is 6.04 Å². The average Bonchev–Trinajstić information content (AvgIpc) is 3.52. The molecule has 1 atom stereocenters. The Balaban J connectivity index is 0.757. The number of phenolic OH excluding ortho intramolecular Hbond substituents is 1. The Morgan fingerprint density at radius 2 is 1.53 bits per heavy atom. The maximum absolute atomic E-state index is 12.8. The second-order valence-corrected chi connectivity index (χ2v) is 14.9. The predicted molar refractivity (Wildman–Crippen MR) is 216 cm³/mol. The second kappa shape index (κ2) is 16.4. The molecule has 4 N–H and O–H groups in total. The van der Waals surface area contributed by atoms with Crippen molar-refractivity contribution in [3.63, 3.8) is 0 Å². The first kappa shape index (κ1) is 36.3. The molecule has 2 saturated heterocycles. The lowest BCUT2D eigenvalue weighted by Crippen LogP contribution is -2.46. The van der Waals surface area contributed by atoms with Crippen LogP contribution in [0.2, 0.25) is 0 Å². The van der Waals surface area contributed by atoms with E-state index in [-0.39, 0.29) is 17.6 Å². The number of nitrogens with two attached hydrogens (primary N) is 1. The molecule has 5 heterocycles. The van der Waals surface area contributed by atoms with E-state index in [1.54, 1.807) is 18.3 Å². The van der Waals surface area contributed by atoms with Gasteiger partial charge < -0.3 is 20.3 Å². The maximum atomic E-state index is 12.8. The van der Waals surface area contributed by atoms with Gasteiger partial charge in [0, 0.05) is 67.2 Å². The van der Waals surface area contributed by atoms with Crippen molar-refractivity contribution < 1.29 is 14.7 Å². The Bertz CT molecular complexity index is 2310. The molecule has 0 saturated carbocycles. The fourth-order valence-corrected chi connectivity index (χ4v) is 8.19. The van der Waals surface area contributed by atoms with Crippen molar-refractivity contribution in [2.45, 2.75) is 64.0 Å². The van der Waals surface area contributed by atoms with E-state index in [9.17, 15) is 14.7 Å². The summed E-state index contributed by atoms with van der Waals surface area (Å²) in [5.41, 5.74) is 13.6. The van der Waals surface area contributed by atoms with Crippen LogP contribution in [0.5, 0.6) is 5.75 Å². The predicted octanol–water partition coefficient (Wildman–Crippen LogP) is 6.89. The molecule has 282 valence electrons. The van der Waals surface area contributed by atoms with Crippen LogP contribution < -0.4 is 11.1 Å². The first-order valence-corrected chi connectivity index (χ1v) is 19.6. The minimum Gasteiger partial charge on any atom is -0.507 e. The smallest absolute Gasteiger partial charge is 0.249 e. The monoisotopic (exact) mass is 736 g/mol. The summed E-state index contributed by atoms with van der Waals surface area (Å²) in [7, 11) is 0. The number of fused-ring (bicyclic) bond motifs is 3. The summed E-state index contributed by atoms with van der Waals surface area (Å²) in [5.74, 6) is 0.0732. The Hall–Kier alpha value is -5.65. The number of imide groups is 1. The number of para-hydroxylation sites is 1. The van der Waals surface area contributed by atoms with E-state index in [0.717, 1.165) is 85.2 Å². The van der Waals surface area contributed by atoms with Crippen LogP contribution in [0.25, 0.3) is 44.3 Å². The van der Waals surface area contributed by atoms with Crippen LogP contribution in [-0.2, 0) is 22.6 Å². The number of hydrogen-bond acceptors (Lipinski definition) is 9. The number of rotatable bonds is 13. The van der Waals surface area contributed by atoms with Gasteiger partial charge in [-0.3, -0.25) is 19.8 Å². The number of carbonyl (C=O) groups excluding carboxylic acids is 2. The molecular weight excluding hydrogens is 689 g/mol. The Morgan fingerprint density at radius 3 is 2.35 bits per heavy atom. The third-order valence-electron chi connectivity index (χ3n) is 11.2. The largest absolute Gasteiger partial charge is 0.507 e. The quantitative estimate of drug-likeness (QED) is 0.0854. The lowest BCUT2D eigenvalue weighted by molar-refractivity contribution is -0.135. The number of piperidine rings is 1. The molecule has 3 aromatic heterocycles. The normalized spacial score (nSPS) is 16.9. The van der Waals surface area contributed by atoms with Gasteiger partial charge in [0.1, 0.15) is 17.4 Å². The van der Waals surface area contributed by atoms with Crippen molar-refractivity contribution in [1.29, 1.82) is 0 Å². The number of nitrogens with zero attached hydrogens (tertiary/aromatic N) is 6. The Morgan fingerprint density at radius 1 is 0.764 bits per heavy atom. The van der Waals surface area contributed by atoms with Gasteiger partial charge in [0.05, 0.1) is 11.2 Å². The van der Waals surface area contributed by atoms with E-state index in [4.69, 9.17) is 5.73 Å². The molecular formula is C44H48N8O3. The topological polar surface area (TPSA) is 142 Å². The highest BCUT2D eigenvalue weighted by Crippen LogP contribution is 2.35. The van der Waals surface area contributed by atoms with Gasteiger partial charge in [-0.05, 0) is 91.4 Å². The molecule has 0 spiro atoms. The van der Waals surface area contributed by atoms with Crippen LogP contribution in [0, 0.1) is 0 Å². The zero-order valence-electron chi connectivity index (χ0n) is 31.2. The SMILES string of the molecule is Nc1nnc(-c2ccccc2O)cc1-c1ccc(CN2CCN(CCCCCCCc3ccc4c(c3)c3cccnc3n4C3CCC(=O)NC3=O)CC2)cc1. The molecule has 2 amide bonds. The number of unbranched alkanes of at least 4 members (excludes halogenated alkanes) is 4. The number of aromatic nitrogens is 4. The van der Waals surface area contributed by atoms with Crippen molar-refractivity contribution in [1.82, 2.24) is 34.9 Å². The molecule has 11 heteroatoms. The number of amides is 2. The second-order valence-electron chi connectivity index (χ2n) is 14.9.